The van der Waals surface area contributed by atoms with Crippen molar-refractivity contribution in [2.45, 2.75) is 0 Å². The number of aromatic nitrogens is 2. The first-order valence-corrected chi connectivity index (χ1v) is 2.17. The van der Waals surface area contributed by atoms with Crippen LogP contribution in [-0.4, -0.2) is 10.2 Å². The number of halogens is 1. The molecule has 0 radical (unpaired) electrons. The fourth-order valence-electron chi connectivity index (χ4n) is 0.309. The highest BCUT2D eigenvalue weighted by molar-refractivity contribution is 6.23. The van der Waals surface area contributed by atoms with Gasteiger partial charge in [0.05, 0.1) is 6.20 Å². The molecule has 0 amide bonds. The summed E-state index contributed by atoms with van der Waals surface area (Å²) < 4.78 is 0. The second kappa shape index (κ2) is 1.84. The van der Waals surface area contributed by atoms with Crippen molar-refractivity contribution in [3.63, 3.8) is 0 Å². The number of hydrogen-bond acceptors (Lipinski definition) is 2. The summed E-state index contributed by atoms with van der Waals surface area (Å²) in [6.07, 6.45) is 1.62. The van der Waals surface area contributed by atoms with E-state index in [0.29, 0.717) is 5.82 Å². The van der Waals surface area contributed by atoms with E-state index in [4.69, 9.17) is 11.8 Å². The second-order valence-electron chi connectivity index (χ2n) is 1.06. The number of hydrogen-bond donors (Lipinski definition) is 2. The Hall–Kier alpha value is -0.700. The Balaban J connectivity index is 2.76. The average Bonchev–Trinajstić information content (AvgIpc) is 2.14. The third-order valence-corrected chi connectivity index (χ3v) is 0.806. The molecule has 0 fully saturated rings. The Kier molecular flexibility index (Phi) is 1.17. The number of nitrogens with zero attached hydrogens (tertiary/aromatic N) is 1. The Morgan fingerprint density at radius 3 is 3.00 bits per heavy atom. The molecule has 0 saturated carbocycles. The molecule has 0 saturated heterocycles. The molecule has 1 rings (SSSR count). The molecule has 2 N–H and O–H groups in total. The number of H-pyrrole nitrogens is 1. The minimum atomic E-state index is 0.710. The van der Waals surface area contributed by atoms with Crippen molar-refractivity contribution >= 4 is 17.6 Å². The lowest BCUT2D eigenvalue weighted by Gasteiger charge is -1.82. The molecule has 0 atom stereocenters. The number of aromatic amines is 1. The van der Waals surface area contributed by atoms with Crippen molar-refractivity contribution in [3.05, 3.63) is 12.3 Å². The smallest absolute Gasteiger partial charge is 0.135 e. The molecule has 7 heavy (non-hydrogen) atoms. The highest BCUT2D eigenvalue weighted by Crippen LogP contribution is 1.97. The molecule has 38 valence electrons. The van der Waals surface area contributed by atoms with Gasteiger partial charge in [-0.05, 0) is 0 Å². The topological polar surface area (TPSA) is 40.7 Å². The van der Waals surface area contributed by atoms with E-state index >= 15 is 0 Å². The average molecular weight is 118 g/mol. The van der Waals surface area contributed by atoms with Gasteiger partial charge in [0.1, 0.15) is 5.82 Å². The fourth-order valence-corrected chi connectivity index (χ4v) is 0.414. The largest absolute Gasteiger partial charge is 0.283 e. The van der Waals surface area contributed by atoms with Crippen LogP contribution in [-0.2, 0) is 0 Å². The van der Waals surface area contributed by atoms with Crippen LogP contribution >= 0.6 is 11.8 Å². The standard InChI is InChI=1S/C3H4ClN3/c4-6-3-1-2-5-7-3/h1-2H,(H2,5,6,7). The molecule has 1 aromatic heterocycles. The first kappa shape index (κ1) is 4.46. The van der Waals surface area contributed by atoms with E-state index in [2.05, 4.69) is 15.0 Å². The molecule has 3 nitrogen and oxygen atoms in total. The molecule has 0 aliphatic rings. The van der Waals surface area contributed by atoms with Gasteiger partial charge < -0.3 is 0 Å². The first-order chi connectivity index (χ1) is 3.43. The monoisotopic (exact) mass is 117 g/mol. The minimum absolute atomic E-state index is 0.710. The second-order valence-corrected chi connectivity index (χ2v) is 1.25. The van der Waals surface area contributed by atoms with Crippen LogP contribution in [0, 0.1) is 0 Å². The number of anilines is 1. The van der Waals surface area contributed by atoms with Crippen LogP contribution in [0.5, 0.6) is 0 Å². The van der Waals surface area contributed by atoms with Gasteiger partial charge in [-0.1, -0.05) is 0 Å². The van der Waals surface area contributed by atoms with Gasteiger partial charge in [-0.15, -0.1) is 0 Å². The van der Waals surface area contributed by atoms with Crippen LogP contribution in [0.1, 0.15) is 0 Å². The van der Waals surface area contributed by atoms with Crippen LogP contribution in [0.15, 0.2) is 12.3 Å². The molecule has 1 heterocycles. The summed E-state index contributed by atoms with van der Waals surface area (Å²) in [5.74, 6) is 0.710. The normalized spacial score (nSPS) is 8.71. The molecule has 0 aromatic carbocycles. The molecule has 0 aliphatic heterocycles. The molecule has 4 heteroatoms. The Morgan fingerprint density at radius 2 is 2.71 bits per heavy atom. The van der Waals surface area contributed by atoms with E-state index in [0.717, 1.165) is 0 Å². The van der Waals surface area contributed by atoms with Crippen molar-refractivity contribution in [1.82, 2.24) is 10.2 Å². The molecular weight excluding hydrogens is 114 g/mol. The quantitative estimate of drug-likeness (QED) is 0.539. The fraction of sp³-hybridized carbons (Fsp3) is 0. The van der Waals surface area contributed by atoms with Gasteiger partial charge in [0.15, 0.2) is 0 Å². The van der Waals surface area contributed by atoms with Gasteiger partial charge in [0.2, 0.25) is 0 Å². The van der Waals surface area contributed by atoms with E-state index in [1.54, 1.807) is 12.3 Å². The van der Waals surface area contributed by atoms with Gasteiger partial charge in [0, 0.05) is 17.8 Å². The highest BCUT2D eigenvalue weighted by atomic mass is 35.5. The zero-order chi connectivity index (χ0) is 5.11. The summed E-state index contributed by atoms with van der Waals surface area (Å²) >= 11 is 5.15. The van der Waals surface area contributed by atoms with Crippen LogP contribution in [0.25, 0.3) is 0 Å². The first-order valence-electron chi connectivity index (χ1n) is 1.79. The van der Waals surface area contributed by atoms with Crippen molar-refractivity contribution in [3.8, 4) is 0 Å². The Labute approximate surface area is 45.8 Å². The van der Waals surface area contributed by atoms with E-state index in [-0.39, 0.29) is 0 Å². The maximum absolute atomic E-state index is 5.15. The molecule has 1 aromatic rings. The molecule has 0 bridgehead atoms. The van der Waals surface area contributed by atoms with Crippen molar-refractivity contribution in [2.75, 3.05) is 4.84 Å². The van der Waals surface area contributed by atoms with E-state index < -0.39 is 0 Å². The highest BCUT2D eigenvalue weighted by Gasteiger charge is 1.82. The SMILES string of the molecule is ClNc1ccn[nH]1. The van der Waals surface area contributed by atoms with E-state index in [1.165, 1.54) is 0 Å². The van der Waals surface area contributed by atoms with Crippen LogP contribution in [0.3, 0.4) is 0 Å². The third kappa shape index (κ3) is 0.838. The summed E-state index contributed by atoms with van der Waals surface area (Å²) in [5.41, 5.74) is 0. The third-order valence-electron chi connectivity index (χ3n) is 0.603. The predicted molar refractivity (Wildman–Crippen MR) is 28.1 cm³/mol. The molecule has 0 unspecified atom stereocenters. The van der Waals surface area contributed by atoms with Gasteiger partial charge >= 0.3 is 0 Å². The lowest BCUT2D eigenvalue weighted by molar-refractivity contribution is 1.10. The summed E-state index contributed by atoms with van der Waals surface area (Å²) in [6.45, 7) is 0. The van der Waals surface area contributed by atoms with E-state index in [1.807, 2.05) is 0 Å². The van der Waals surface area contributed by atoms with Gasteiger partial charge in [-0.2, -0.15) is 5.10 Å². The van der Waals surface area contributed by atoms with Crippen molar-refractivity contribution in [1.29, 1.82) is 0 Å². The maximum atomic E-state index is 5.15. The summed E-state index contributed by atoms with van der Waals surface area (Å²) in [6, 6.07) is 1.73. The zero-order valence-corrected chi connectivity index (χ0v) is 4.24. The predicted octanol–water partition coefficient (Wildman–Crippen LogP) is 0.975. The van der Waals surface area contributed by atoms with Crippen LogP contribution in [0.4, 0.5) is 5.82 Å². The van der Waals surface area contributed by atoms with Crippen LogP contribution < -0.4 is 4.84 Å². The lowest BCUT2D eigenvalue weighted by atomic mass is 10.7. The summed E-state index contributed by atoms with van der Waals surface area (Å²) in [7, 11) is 0. The van der Waals surface area contributed by atoms with Gasteiger partial charge in [0.25, 0.3) is 0 Å². The Bertz CT molecular complexity index is 125. The minimum Gasteiger partial charge on any atom is -0.283 e. The molecular formula is C3H4ClN3. The number of rotatable bonds is 1. The maximum Gasteiger partial charge on any atom is 0.135 e. The summed E-state index contributed by atoms with van der Waals surface area (Å²) in [5, 5.41) is 6.21. The molecule has 0 aliphatic carbocycles. The lowest BCUT2D eigenvalue weighted by Crippen LogP contribution is -1.76. The van der Waals surface area contributed by atoms with Crippen molar-refractivity contribution < 1.29 is 0 Å². The van der Waals surface area contributed by atoms with Crippen molar-refractivity contribution in [2.24, 2.45) is 0 Å². The molecule has 0 spiro atoms. The van der Waals surface area contributed by atoms with Gasteiger partial charge in [-0.3, -0.25) is 9.93 Å². The van der Waals surface area contributed by atoms with Gasteiger partial charge in [-0.25, -0.2) is 0 Å². The van der Waals surface area contributed by atoms with E-state index in [9.17, 15) is 0 Å². The number of nitrogens with one attached hydrogen (secondary N) is 2. The Morgan fingerprint density at radius 1 is 1.86 bits per heavy atom. The van der Waals surface area contributed by atoms with Crippen LogP contribution in [0.2, 0.25) is 0 Å². The zero-order valence-electron chi connectivity index (χ0n) is 3.48. The summed E-state index contributed by atoms with van der Waals surface area (Å²) in [4.78, 5) is 2.36.